The van der Waals surface area contributed by atoms with E-state index in [4.69, 9.17) is 18.9 Å². The van der Waals surface area contributed by atoms with Gasteiger partial charge in [-0.3, -0.25) is 4.72 Å². The molecule has 0 fully saturated rings. The van der Waals surface area contributed by atoms with Crippen LogP contribution in [-0.4, -0.2) is 61.9 Å². The van der Waals surface area contributed by atoms with E-state index < -0.39 is 10.0 Å². The fourth-order valence-corrected chi connectivity index (χ4v) is 5.10. The zero-order valence-corrected chi connectivity index (χ0v) is 19.6. The Morgan fingerprint density at radius 3 is 2.03 bits per heavy atom. The summed E-state index contributed by atoms with van der Waals surface area (Å²) in [7, 11) is 6.20. The smallest absolute Gasteiger partial charge is 0.262 e. The van der Waals surface area contributed by atoms with Gasteiger partial charge in [0, 0.05) is 23.7 Å². The predicted molar refractivity (Wildman–Crippen MR) is 119 cm³/mol. The molecular formula is C22H30N2O6S. The number of sulfonamides is 1. The van der Waals surface area contributed by atoms with Crippen LogP contribution in [0.1, 0.15) is 17.5 Å². The Kier molecular flexibility index (Phi) is 6.86. The van der Waals surface area contributed by atoms with Crippen LogP contribution in [-0.2, 0) is 22.9 Å². The topological polar surface area (TPSA) is 86.3 Å². The van der Waals surface area contributed by atoms with E-state index in [1.54, 1.807) is 13.2 Å². The zero-order valence-electron chi connectivity index (χ0n) is 18.8. The maximum atomic E-state index is 13.2. The molecule has 1 N–H and O–H groups in total. The molecule has 0 saturated heterocycles. The summed E-state index contributed by atoms with van der Waals surface area (Å²) in [5, 5.41) is 0. The first-order chi connectivity index (χ1) is 14.7. The second-order valence-electron chi connectivity index (χ2n) is 7.60. The lowest BCUT2D eigenvalue weighted by atomic mass is 9.86. The van der Waals surface area contributed by atoms with Crippen LogP contribution < -0.4 is 23.7 Å². The highest BCUT2D eigenvalue weighted by Crippen LogP contribution is 2.41. The number of anilines is 1. The monoisotopic (exact) mass is 450 g/mol. The molecule has 1 aliphatic carbocycles. The number of hydrogen-bond acceptors (Lipinski definition) is 7. The highest BCUT2D eigenvalue weighted by Gasteiger charge is 2.28. The van der Waals surface area contributed by atoms with Crippen molar-refractivity contribution in [2.75, 3.05) is 47.3 Å². The SMILES string of the molecule is COc1ccc(NS(=O)(=O)c2cc(OC)c(OC)c(OC)c2)c2c1CC(N(C)C)CC2. The first kappa shape index (κ1) is 23.0. The molecule has 0 aliphatic heterocycles. The predicted octanol–water partition coefficient (Wildman–Crippen LogP) is 2.94. The number of ether oxygens (including phenoxy) is 4. The number of benzene rings is 2. The number of rotatable bonds is 8. The minimum absolute atomic E-state index is 0.0218. The van der Waals surface area contributed by atoms with Crippen molar-refractivity contribution >= 4 is 15.7 Å². The minimum atomic E-state index is -3.90. The molecule has 8 nitrogen and oxygen atoms in total. The van der Waals surface area contributed by atoms with Crippen molar-refractivity contribution in [3.8, 4) is 23.0 Å². The normalized spacial score (nSPS) is 15.9. The number of nitrogens with zero attached hydrogens (tertiary/aromatic N) is 1. The third-order valence-electron chi connectivity index (χ3n) is 5.70. The highest BCUT2D eigenvalue weighted by molar-refractivity contribution is 7.92. The van der Waals surface area contributed by atoms with Crippen molar-refractivity contribution in [3.05, 3.63) is 35.4 Å². The fraction of sp³-hybridized carbons (Fsp3) is 0.455. The molecule has 0 aromatic heterocycles. The molecule has 0 bridgehead atoms. The third kappa shape index (κ3) is 4.52. The van der Waals surface area contributed by atoms with E-state index in [9.17, 15) is 8.42 Å². The average Bonchev–Trinajstić information content (AvgIpc) is 2.77. The molecule has 0 saturated carbocycles. The summed E-state index contributed by atoms with van der Waals surface area (Å²) in [5.74, 6) is 1.65. The molecule has 3 rings (SSSR count). The summed E-state index contributed by atoms with van der Waals surface area (Å²) in [6.07, 6.45) is 2.49. The minimum Gasteiger partial charge on any atom is -0.496 e. The van der Waals surface area contributed by atoms with Gasteiger partial charge < -0.3 is 23.8 Å². The fourth-order valence-electron chi connectivity index (χ4n) is 3.97. The van der Waals surface area contributed by atoms with E-state index in [0.29, 0.717) is 17.5 Å². The Bertz CT molecular complexity index is 1030. The van der Waals surface area contributed by atoms with Crippen LogP contribution in [0.15, 0.2) is 29.2 Å². The van der Waals surface area contributed by atoms with E-state index in [1.807, 2.05) is 6.07 Å². The van der Waals surface area contributed by atoms with Crippen LogP contribution in [0.4, 0.5) is 5.69 Å². The molecule has 2 aromatic carbocycles. The van der Waals surface area contributed by atoms with Crippen LogP contribution in [0.3, 0.4) is 0 Å². The number of nitrogens with one attached hydrogen (secondary N) is 1. The Balaban J connectivity index is 2.02. The summed E-state index contributed by atoms with van der Waals surface area (Å²) in [6.45, 7) is 0. The van der Waals surface area contributed by atoms with Gasteiger partial charge in [-0.05, 0) is 51.1 Å². The van der Waals surface area contributed by atoms with Gasteiger partial charge in [0.05, 0.1) is 39.0 Å². The first-order valence-corrected chi connectivity index (χ1v) is 11.4. The van der Waals surface area contributed by atoms with Crippen molar-refractivity contribution < 1.29 is 27.4 Å². The molecule has 0 radical (unpaired) electrons. The second-order valence-corrected chi connectivity index (χ2v) is 9.28. The van der Waals surface area contributed by atoms with Gasteiger partial charge in [0.15, 0.2) is 11.5 Å². The Labute approximate surface area is 184 Å². The molecule has 1 unspecified atom stereocenters. The number of hydrogen-bond donors (Lipinski definition) is 1. The van der Waals surface area contributed by atoms with Gasteiger partial charge in [-0.2, -0.15) is 0 Å². The second kappa shape index (κ2) is 9.23. The largest absolute Gasteiger partial charge is 0.496 e. The van der Waals surface area contributed by atoms with Gasteiger partial charge in [0.2, 0.25) is 5.75 Å². The quantitative estimate of drug-likeness (QED) is 0.662. The average molecular weight is 451 g/mol. The summed E-state index contributed by atoms with van der Waals surface area (Å²) in [4.78, 5) is 2.21. The van der Waals surface area contributed by atoms with Gasteiger partial charge in [0.1, 0.15) is 5.75 Å². The van der Waals surface area contributed by atoms with E-state index in [1.165, 1.54) is 33.5 Å². The molecular weight excluding hydrogens is 420 g/mol. The summed E-state index contributed by atoms with van der Waals surface area (Å²) >= 11 is 0. The first-order valence-electron chi connectivity index (χ1n) is 9.93. The van der Waals surface area contributed by atoms with Crippen molar-refractivity contribution in [2.24, 2.45) is 0 Å². The van der Waals surface area contributed by atoms with Crippen molar-refractivity contribution in [3.63, 3.8) is 0 Å². The van der Waals surface area contributed by atoms with E-state index >= 15 is 0 Å². The standard InChI is InChI=1S/C22H30N2O6S/c1-24(2)14-7-8-16-17(11-14)19(27-3)10-9-18(16)23-31(25,26)15-12-20(28-4)22(30-6)21(13-15)29-5/h9-10,12-14,23H,7-8,11H2,1-6H3. The summed E-state index contributed by atoms with van der Waals surface area (Å²) in [6, 6.07) is 6.78. The van der Waals surface area contributed by atoms with Crippen LogP contribution in [0.5, 0.6) is 23.0 Å². The lowest BCUT2D eigenvalue weighted by Gasteiger charge is -2.32. The number of methoxy groups -OCH3 is 4. The summed E-state index contributed by atoms with van der Waals surface area (Å²) in [5.41, 5.74) is 2.56. The molecule has 9 heteroatoms. The maximum Gasteiger partial charge on any atom is 0.262 e. The van der Waals surface area contributed by atoms with Gasteiger partial charge in [-0.15, -0.1) is 0 Å². The van der Waals surface area contributed by atoms with E-state index in [0.717, 1.165) is 36.1 Å². The highest BCUT2D eigenvalue weighted by atomic mass is 32.2. The third-order valence-corrected chi connectivity index (χ3v) is 7.04. The van der Waals surface area contributed by atoms with E-state index in [-0.39, 0.29) is 16.4 Å². The van der Waals surface area contributed by atoms with Gasteiger partial charge >= 0.3 is 0 Å². The Morgan fingerprint density at radius 2 is 1.52 bits per heavy atom. The van der Waals surface area contributed by atoms with Crippen LogP contribution in [0, 0.1) is 0 Å². The van der Waals surface area contributed by atoms with Crippen LogP contribution in [0.25, 0.3) is 0 Å². The number of likely N-dealkylation sites (N-methyl/N-ethyl adjacent to an activating group) is 1. The summed E-state index contributed by atoms with van der Waals surface area (Å²) < 4.78 is 50.7. The molecule has 2 aromatic rings. The van der Waals surface area contributed by atoms with E-state index in [2.05, 4.69) is 23.7 Å². The molecule has 0 spiro atoms. The molecule has 0 heterocycles. The number of fused-ring (bicyclic) bond motifs is 1. The zero-order chi connectivity index (χ0) is 22.8. The molecule has 1 aliphatic rings. The van der Waals surface area contributed by atoms with Gasteiger partial charge in [-0.1, -0.05) is 0 Å². The Morgan fingerprint density at radius 1 is 0.903 bits per heavy atom. The van der Waals surface area contributed by atoms with Crippen LogP contribution >= 0.6 is 0 Å². The van der Waals surface area contributed by atoms with Gasteiger partial charge in [-0.25, -0.2) is 8.42 Å². The molecule has 170 valence electrons. The molecule has 31 heavy (non-hydrogen) atoms. The lowest BCUT2D eigenvalue weighted by molar-refractivity contribution is 0.265. The van der Waals surface area contributed by atoms with Gasteiger partial charge in [0.25, 0.3) is 10.0 Å². The maximum absolute atomic E-state index is 13.2. The molecule has 0 amide bonds. The lowest BCUT2D eigenvalue weighted by Crippen LogP contribution is -2.34. The molecule has 1 atom stereocenters. The van der Waals surface area contributed by atoms with Crippen molar-refractivity contribution in [1.29, 1.82) is 0 Å². The van der Waals surface area contributed by atoms with Crippen molar-refractivity contribution in [1.82, 2.24) is 4.90 Å². The van der Waals surface area contributed by atoms with Crippen molar-refractivity contribution in [2.45, 2.75) is 30.2 Å². The van der Waals surface area contributed by atoms with Crippen LogP contribution in [0.2, 0.25) is 0 Å². The Hall–Kier alpha value is -2.65.